The number of hydrogen-bond acceptors (Lipinski definition) is 3. The minimum atomic E-state index is -1.04. The zero-order chi connectivity index (χ0) is 21.9. The molecule has 0 unspecified atom stereocenters. The van der Waals surface area contributed by atoms with E-state index in [2.05, 4.69) is 30.3 Å². The molecule has 0 bridgehead atoms. The van der Waals surface area contributed by atoms with Crippen LogP contribution in [0.2, 0.25) is 0 Å². The Kier molecular flexibility index (Phi) is 4.29. The number of hydrogen-bond donors (Lipinski definition) is 1. The van der Waals surface area contributed by atoms with Gasteiger partial charge in [0, 0.05) is 24.2 Å². The molecule has 1 spiro atoms. The first kappa shape index (κ1) is 19.5. The van der Waals surface area contributed by atoms with Gasteiger partial charge in [-0.05, 0) is 43.0 Å². The number of nitrogens with one attached hydrogen (secondary N) is 1. The molecule has 0 radical (unpaired) electrons. The molecule has 2 aromatic carbocycles. The quantitative estimate of drug-likeness (QED) is 0.701. The first-order valence-corrected chi connectivity index (χ1v) is 10.7. The van der Waals surface area contributed by atoms with Gasteiger partial charge < -0.3 is 10.2 Å². The summed E-state index contributed by atoms with van der Waals surface area (Å²) in [6.45, 7) is 8.87. The van der Waals surface area contributed by atoms with E-state index in [9.17, 15) is 9.59 Å². The van der Waals surface area contributed by atoms with Crippen molar-refractivity contribution in [2.45, 2.75) is 39.5 Å². The summed E-state index contributed by atoms with van der Waals surface area (Å²) in [4.78, 5) is 28.8. The van der Waals surface area contributed by atoms with Crippen molar-refractivity contribution in [2.24, 2.45) is 5.92 Å². The second-order valence-electron chi connectivity index (χ2n) is 9.07. The summed E-state index contributed by atoms with van der Waals surface area (Å²) in [5.74, 6) is 0.673. The number of rotatable bonds is 3. The first-order valence-electron chi connectivity index (χ1n) is 10.7. The van der Waals surface area contributed by atoms with Gasteiger partial charge in [0.2, 0.25) is 11.8 Å². The fourth-order valence-electron chi connectivity index (χ4n) is 5.02. The average molecular weight is 415 g/mol. The molecule has 0 aliphatic carbocycles. The Labute approximate surface area is 181 Å². The Balaban J connectivity index is 1.74. The van der Waals surface area contributed by atoms with Crippen LogP contribution in [-0.4, -0.2) is 28.1 Å². The summed E-state index contributed by atoms with van der Waals surface area (Å²) in [6.07, 6.45) is 1.84. The van der Waals surface area contributed by atoms with Gasteiger partial charge in [0.05, 0.1) is 11.9 Å². The topological polar surface area (TPSA) is 67.2 Å². The van der Waals surface area contributed by atoms with E-state index in [1.807, 2.05) is 55.1 Å². The van der Waals surface area contributed by atoms with Crippen LogP contribution in [0.1, 0.15) is 42.5 Å². The van der Waals surface area contributed by atoms with Crippen molar-refractivity contribution in [1.29, 1.82) is 0 Å². The largest absolute Gasteiger partial charge is 0.311 e. The normalized spacial score (nSPS) is 19.7. The maximum atomic E-state index is 13.9. The van der Waals surface area contributed by atoms with Crippen LogP contribution >= 0.6 is 0 Å². The molecule has 0 saturated heterocycles. The van der Waals surface area contributed by atoms with E-state index in [0.29, 0.717) is 18.3 Å². The van der Waals surface area contributed by atoms with Crippen molar-refractivity contribution in [1.82, 2.24) is 9.78 Å². The third-order valence-electron chi connectivity index (χ3n) is 6.31. The Morgan fingerprint density at radius 3 is 2.58 bits per heavy atom. The Bertz CT molecular complexity index is 1230. The number of anilines is 2. The van der Waals surface area contributed by atoms with Crippen LogP contribution in [0.25, 0.3) is 5.69 Å². The number of aromatic nitrogens is 2. The molecule has 3 heterocycles. The molecule has 1 aromatic heterocycles. The van der Waals surface area contributed by atoms with Crippen molar-refractivity contribution in [3.8, 4) is 5.69 Å². The molecule has 2 amide bonds. The highest BCUT2D eigenvalue weighted by molar-refractivity contribution is 6.15. The van der Waals surface area contributed by atoms with E-state index in [-0.39, 0.29) is 18.2 Å². The molecule has 0 fully saturated rings. The summed E-state index contributed by atoms with van der Waals surface area (Å²) < 4.78 is 1.75. The Hall–Kier alpha value is -3.41. The highest BCUT2D eigenvalue weighted by Gasteiger charge is 2.57. The van der Waals surface area contributed by atoms with Gasteiger partial charge in [-0.25, -0.2) is 4.68 Å². The molecule has 2 aliphatic heterocycles. The summed E-state index contributed by atoms with van der Waals surface area (Å²) in [5.41, 5.74) is 4.60. The molecule has 5 rings (SSSR count). The SMILES string of the molecule is Cc1ccc(-n2ncc3c2NC(=O)C[C@@]32C(=O)N(CC(C)C)c3ccccc32)c(C)c1. The molecule has 1 atom stereocenters. The van der Waals surface area contributed by atoms with Crippen molar-refractivity contribution in [2.75, 3.05) is 16.8 Å². The lowest BCUT2D eigenvalue weighted by Gasteiger charge is -2.33. The van der Waals surface area contributed by atoms with Crippen LogP contribution in [-0.2, 0) is 15.0 Å². The van der Waals surface area contributed by atoms with E-state index >= 15 is 0 Å². The molecule has 1 N–H and O–H groups in total. The Morgan fingerprint density at radius 1 is 1.06 bits per heavy atom. The van der Waals surface area contributed by atoms with Gasteiger partial charge in [-0.2, -0.15) is 5.10 Å². The predicted octanol–water partition coefficient (Wildman–Crippen LogP) is 4.12. The number of carbonyl (C=O) groups excluding carboxylic acids is 2. The zero-order valence-electron chi connectivity index (χ0n) is 18.3. The highest BCUT2D eigenvalue weighted by atomic mass is 16.2. The third kappa shape index (κ3) is 2.74. The average Bonchev–Trinajstić information content (AvgIpc) is 3.22. The summed E-state index contributed by atoms with van der Waals surface area (Å²) in [6, 6.07) is 14.0. The number of fused-ring (bicyclic) bond motifs is 4. The second kappa shape index (κ2) is 6.80. The third-order valence-corrected chi connectivity index (χ3v) is 6.31. The molecule has 6 nitrogen and oxygen atoms in total. The van der Waals surface area contributed by atoms with Gasteiger partial charge in [0.1, 0.15) is 11.2 Å². The summed E-state index contributed by atoms with van der Waals surface area (Å²) >= 11 is 0. The Morgan fingerprint density at radius 2 is 1.84 bits per heavy atom. The summed E-state index contributed by atoms with van der Waals surface area (Å²) in [7, 11) is 0. The predicted molar refractivity (Wildman–Crippen MR) is 121 cm³/mol. The van der Waals surface area contributed by atoms with Gasteiger partial charge in [-0.3, -0.25) is 9.59 Å². The van der Waals surface area contributed by atoms with Crippen molar-refractivity contribution in [3.63, 3.8) is 0 Å². The fraction of sp³-hybridized carbons (Fsp3) is 0.320. The number of carbonyl (C=O) groups is 2. The van der Waals surface area contributed by atoms with E-state index in [1.165, 1.54) is 0 Å². The van der Waals surface area contributed by atoms with Crippen LogP contribution in [0, 0.1) is 19.8 Å². The van der Waals surface area contributed by atoms with Crippen molar-refractivity contribution < 1.29 is 9.59 Å². The van der Waals surface area contributed by atoms with Gasteiger partial charge in [-0.1, -0.05) is 49.7 Å². The van der Waals surface area contributed by atoms with E-state index in [0.717, 1.165) is 33.6 Å². The van der Waals surface area contributed by atoms with Gasteiger partial charge in [0.25, 0.3) is 0 Å². The molecule has 31 heavy (non-hydrogen) atoms. The van der Waals surface area contributed by atoms with Gasteiger partial charge in [-0.15, -0.1) is 0 Å². The molecule has 0 saturated carbocycles. The lowest BCUT2D eigenvalue weighted by Crippen LogP contribution is -2.47. The van der Waals surface area contributed by atoms with E-state index < -0.39 is 5.41 Å². The van der Waals surface area contributed by atoms with Crippen LogP contribution in [0.3, 0.4) is 0 Å². The van der Waals surface area contributed by atoms with E-state index in [4.69, 9.17) is 0 Å². The van der Waals surface area contributed by atoms with Crippen molar-refractivity contribution in [3.05, 3.63) is 70.9 Å². The monoisotopic (exact) mass is 414 g/mol. The smallest absolute Gasteiger partial charge is 0.242 e. The fourth-order valence-corrected chi connectivity index (χ4v) is 5.02. The molecular formula is C25H26N4O2. The van der Waals surface area contributed by atoms with E-state index in [1.54, 1.807) is 10.9 Å². The lowest BCUT2D eigenvalue weighted by molar-refractivity contribution is -0.126. The molecule has 158 valence electrons. The van der Waals surface area contributed by atoms with Crippen LogP contribution in [0.15, 0.2) is 48.7 Å². The number of aryl methyl sites for hydroxylation is 2. The highest BCUT2D eigenvalue weighted by Crippen LogP contribution is 2.52. The molecule has 3 aromatic rings. The maximum absolute atomic E-state index is 13.9. The number of para-hydroxylation sites is 1. The molecular weight excluding hydrogens is 388 g/mol. The standard InChI is InChI=1S/C25H26N4O2/c1-15(2)14-28-21-8-6-5-7-18(21)25(24(28)31)12-22(30)27-23-19(25)13-26-29(23)20-10-9-16(3)11-17(20)4/h5-11,13,15H,12,14H2,1-4H3,(H,27,30)/t25-/m0/s1. The molecule has 6 heteroatoms. The summed E-state index contributed by atoms with van der Waals surface area (Å²) in [5, 5.41) is 7.63. The first-order chi connectivity index (χ1) is 14.8. The van der Waals surface area contributed by atoms with Gasteiger partial charge in [0.15, 0.2) is 0 Å². The van der Waals surface area contributed by atoms with Crippen LogP contribution < -0.4 is 10.2 Å². The van der Waals surface area contributed by atoms with Crippen LogP contribution in [0.4, 0.5) is 11.5 Å². The minimum Gasteiger partial charge on any atom is -0.311 e. The lowest BCUT2D eigenvalue weighted by atomic mass is 9.72. The van der Waals surface area contributed by atoms with Gasteiger partial charge >= 0.3 is 0 Å². The second-order valence-corrected chi connectivity index (χ2v) is 9.07. The van der Waals surface area contributed by atoms with Crippen LogP contribution in [0.5, 0.6) is 0 Å². The minimum absolute atomic E-state index is 0.0429. The number of amides is 2. The maximum Gasteiger partial charge on any atom is 0.242 e. The van der Waals surface area contributed by atoms with Crippen molar-refractivity contribution >= 4 is 23.3 Å². The number of benzene rings is 2. The molecule has 2 aliphatic rings. The zero-order valence-corrected chi connectivity index (χ0v) is 18.3. The number of nitrogens with zero attached hydrogens (tertiary/aromatic N) is 3.